The van der Waals surface area contributed by atoms with Gasteiger partial charge in [0.15, 0.2) is 5.96 Å². The molecule has 3 aromatic rings. The Hall–Kier alpha value is -1.81. The maximum Gasteiger partial charge on any atom is 0.216 e. The molecule has 3 heterocycles. The second-order valence-corrected chi connectivity index (χ2v) is 8.58. The maximum atomic E-state index is 5.84. The molecule has 0 saturated carbocycles. The quantitative estimate of drug-likeness (QED) is 0.251. The molecular formula is C21H29IN4O2S. The van der Waals surface area contributed by atoms with Gasteiger partial charge in [-0.2, -0.15) is 0 Å². The van der Waals surface area contributed by atoms with E-state index < -0.39 is 0 Å². The zero-order valence-electron chi connectivity index (χ0n) is 17.1. The van der Waals surface area contributed by atoms with E-state index in [0.29, 0.717) is 12.4 Å². The molecule has 3 rings (SSSR count). The monoisotopic (exact) mass is 528 g/mol. The fourth-order valence-electron chi connectivity index (χ4n) is 2.57. The van der Waals surface area contributed by atoms with Crippen molar-refractivity contribution >= 4 is 41.3 Å². The van der Waals surface area contributed by atoms with E-state index in [9.17, 15) is 0 Å². The summed E-state index contributed by atoms with van der Waals surface area (Å²) in [5.41, 5.74) is -0.0575. The lowest BCUT2D eigenvalue weighted by Crippen LogP contribution is -2.39. The maximum absolute atomic E-state index is 5.84. The van der Waals surface area contributed by atoms with Gasteiger partial charge < -0.3 is 19.5 Å². The molecule has 0 aliphatic heterocycles. The molecule has 0 fully saturated rings. The van der Waals surface area contributed by atoms with Crippen LogP contribution in [0.4, 0.5) is 0 Å². The molecule has 0 radical (unpaired) electrons. The summed E-state index contributed by atoms with van der Waals surface area (Å²) in [5.74, 6) is 3.19. The number of nitrogens with zero attached hydrogens (tertiary/aromatic N) is 2. The first kappa shape index (κ1) is 23.5. The van der Waals surface area contributed by atoms with Gasteiger partial charge in [-0.15, -0.1) is 35.3 Å². The SMILES string of the molecule is CC(C)(C)c1cnc(CN=C(NCCc2ccco2)NCCc2cccs2)o1.I. The molecule has 0 bridgehead atoms. The van der Waals surface area contributed by atoms with Gasteiger partial charge in [-0.1, -0.05) is 26.8 Å². The van der Waals surface area contributed by atoms with Crippen LogP contribution in [-0.4, -0.2) is 24.0 Å². The van der Waals surface area contributed by atoms with E-state index in [1.807, 2.05) is 12.1 Å². The largest absolute Gasteiger partial charge is 0.469 e. The van der Waals surface area contributed by atoms with Crippen molar-refractivity contribution in [3.05, 3.63) is 64.4 Å². The summed E-state index contributed by atoms with van der Waals surface area (Å²) in [5, 5.41) is 8.85. The lowest BCUT2D eigenvalue weighted by Gasteiger charge is -2.13. The minimum absolute atomic E-state index is 0. The molecule has 8 heteroatoms. The van der Waals surface area contributed by atoms with Crippen LogP contribution < -0.4 is 10.6 Å². The fraction of sp³-hybridized carbons (Fsp3) is 0.429. The molecule has 3 aromatic heterocycles. The highest BCUT2D eigenvalue weighted by molar-refractivity contribution is 14.0. The van der Waals surface area contributed by atoms with Crippen molar-refractivity contribution in [2.45, 2.75) is 45.6 Å². The van der Waals surface area contributed by atoms with Crippen LogP contribution in [0.3, 0.4) is 0 Å². The summed E-state index contributed by atoms with van der Waals surface area (Å²) in [6, 6.07) is 8.10. The summed E-state index contributed by atoms with van der Waals surface area (Å²) in [7, 11) is 0. The summed E-state index contributed by atoms with van der Waals surface area (Å²) in [6.45, 7) is 8.26. The highest BCUT2D eigenvalue weighted by Crippen LogP contribution is 2.22. The predicted molar refractivity (Wildman–Crippen MR) is 128 cm³/mol. The van der Waals surface area contributed by atoms with E-state index in [-0.39, 0.29) is 29.4 Å². The van der Waals surface area contributed by atoms with E-state index >= 15 is 0 Å². The van der Waals surface area contributed by atoms with Crippen LogP contribution in [0.5, 0.6) is 0 Å². The topological polar surface area (TPSA) is 75.6 Å². The molecule has 0 saturated heterocycles. The van der Waals surface area contributed by atoms with E-state index in [1.54, 1.807) is 23.8 Å². The van der Waals surface area contributed by atoms with Crippen molar-refractivity contribution < 1.29 is 8.83 Å². The van der Waals surface area contributed by atoms with Gasteiger partial charge in [0, 0.05) is 29.8 Å². The van der Waals surface area contributed by atoms with Crippen LogP contribution in [0, 0.1) is 0 Å². The Morgan fingerprint density at radius 1 is 1.14 bits per heavy atom. The zero-order chi connectivity index (χ0) is 19.8. The van der Waals surface area contributed by atoms with Crippen LogP contribution in [-0.2, 0) is 24.8 Å². The van der Waals surface area contributed by atoms with Crippen molar-refractivity contribution in [1.82, 2.24) is 15.6 Å². The van der Waals surface area contributed by atoms with E-state index in [1.165, 1.54) is 4.88 Å². The van der Waals surface area contributed by atoms with Gasteiger partial charge in [0.2, 0.25) is 5.89 Å². The van der Waals surface area contributed by atoms with Gasteiger partial charge >= 0.3 is 0 Å². The van der Waals surface area contributed by atoms with Crippen molar-refractivity contribution in [3.8, 4) is 0 Å². The number of halogens is 1. The van der Waals surface area contributed by atoms with Crippen LogP contribution in [0.15, 0.2) is 55.9 Å². The molecule has 0 amide bonds. The Kier molecular flexibility index (Phi) is 9.22. The number of guanidine groups is 1. The fourth-order valence-corrected chi connectivity index (χ4v) is 3.28. The smallest absolute Gasteiger partial charge is 0.216 e. The molecule has 2 N–H and O–H groups in total. The molecule has 0 spiro atoms. The number of nitrogens with one attached hydrogen (secondary N) is 2. The van der Waals surface area contributed by atoms with E-state index in [0.717, 1.165) is 43.4 Å². The first-order valence-corrected chi connectivity index (χ1v) is 10.4. The Balaban J connectivity index is 0.00000300. The van der Waals surface area contributed by atoms with Crippen LogP contribution in [0.2, 0.25) is 0 Å². The predicted octanol–water partition coefficient (Wildman–Crippen LogP) is 4.77. The number of furan rings is 1. The Morgan fingerprint density at radius 2 is 1.93 bits per heavy atom. The highest BCUT2D eigenvalue weighted by Gasteiger charge is 2.19. The molecule has 6 nitrogen and oxygen atoms in total. The van der Waals surface area contributed by atoms with Gasteiger partial charge in [-0.3, -0.25) is 0 Å². The van der Waals surface area contributed by atoms with Gasteiger partial charge in [0.25, 0.3) is 0 Å². The number of aliphatic imine (C=N–C) groups is 1. The van der Waals surface area contributed by atoms with Crippen molar-refractivity contribution in [3.63, 3.8) is 0 Å². The Labute approximate surface area is 193 Å². The van der Waals surface area contributed by atoms with Crippen LogP contribution in [0.25, 0.3) is 0 Å². The average Bonchev–Trinajstić information content (AvgIpc) is 3.40. The average molecular weight is 528 g/mol. The molecule has 0 aliphatic rings. The number of thiophene rings is 1. The normalized spacial score (nSPS) is 11.9. The van der Waals surface area contributed by atoms with E-state index in [4.69, 9.17) is 8.83 Å². The summed E-state index contributed by atoms with van der Waals surface area (Å²) < 4.78 is 11.2. The molecular weight excluding hydrogens is 499 g/mol. The summed E-state index contributed by atoms with van der Waals surface area (Å²) in [6.07, 6.45) is 5.24. The summed E-state index contributed by atoms with van der Waals surface area (Å²) >= 11 is 1.77. The third-order valence-corrected chi connectivity index (χ3v) is 5.09. The molecule has 158 valence electrons. The molecule has 0 aliphatic carbocycles. The minimum atomic E-state index is -0.0575. The first-order valence-electron chi connectivity index (χ1n) is 9.53. The standard InChI is InChI=1S/C21H28N4O2S.HI/c1-21(2,3)18-14-24-19(27-18)15-25-20(22-10-8-16-6-4-12-26-16)23-11-9-17-7-5-13-28-17;/h4-7,12-14H,8-11,15H2,1-3H3,(H2,22,23,25);1H. The van der Waals surface area contributed by atoms with Crippen molar-refractivity contribution in [2.75, 3.05) is 13.1 Å². The minimum Gasteiger partial charge on any atom is -0.469 e. The van der Waals surface area contributed by atoms with Gasteiger partial charge in [-0.25, -0.2) is 9.98 Å². The zero-order valence-corrected chi connectivity index (χ0v) is 20.3. The molecule has 29 heavy (non-hydrogen) atoms. The number of oxazole rings is 1. The Bertz CT molecular complexity index is 810. The van der Waals surface area contributed by atoms with Crippen LogP contribution >= 0.6 is 35.3 Å². The highest BCUT2D eigenvalue weighted by atomic mass is 127. The summed E-state index contributed by atoms with van der Waals surface area (Å²) in [4.78, 5) is 10.3. The third-order valence-electron chi connectivity index (χ3n) is 4.15. The number of rotatable bonds is 8. The van der Waals surface area contributed by atoms with E-state index in [2.05, 4.69) is 58.9 Å². The van der Waals surface area contributed by atoms with Crippen molar-refractivity contribution in [2.24, 2.45) is 4.99 Å². The van der Waals surface area contributed by atoms with Gasteiger partial charge in [0.05, 0.1) is 12.5 Å². The Morgan fingerprint density at radius 3 is 2.55 bits per heavy atom. The van der Waals surface area contributed by atoms with Gasteiger partial charge in [0.1, 0.15) is 18.1 Å². The first-order chi connectivity index (χ1) is 13.5. The van der Waals surface area contributed by atoms with Crippen molar-refractivity contribution in [1.29, 1.82) is 0 Å². The molecule has 0 atom stereocenters. The molecule has 0 aromatic carbocycles. The molecule has 0 unspecified atom stereocenters. The number of aromatic nitrogens is 1. The second-order valence-electron chi connectivity index (χ2n) is 7.55. The lowest BCUT2D eigenvalue weighted by molar-refractivity contribution is 0.383. The third kappa shape index (κ3) is 7.85. The lowest BCUT2D eigenvalue weighted by atomic mass is 9.94. The number of hydrogen-bond donors (Lipinski definition) is 2. The second kappa shape index (κ2) is 11.4. The van der Waals surface area contributed by atoms with Gasteiger partial charge in [-0.05, 0) is 30.0 Å². The number of hydrogen-bond acceptors (Lipinski definition) is 5. The van der Waals surface area contributed by atoms with Crippen LogP contribution in [0.1, 0.15) is 43.1 Å².